The van der Waals surface area contributed by atoms with Crippen molar-refractivity contribution in [1.82, 2.24) is 19.5 Å². The molecule has 8 heteroatoms. The van der Waals surface area contributed by atoms with E-state index >= 15 is 0 Å². The van der Waals surface area contributed by atoms with Crippen molar-refractivity contribution in [3.8, 4) is 0 Å². The first-order chi connectivity index (χ1) is 9.03. The summed E-state index contributed by atoms with van der Waals surface area (Å²) in [6.07, 6.45) is 1.57. The Morgan fingerprint density at radius 3 is 2.89 bits per heavy atom. The van der Waals surface area contributed by atoms with Crippen LogP contribution in [0.3, 0.4) is 0 Å². The molecule has 1 N–H and O–H groups in total. The molecule has 1 heterocycles. The minimum atomic E-state index is -3.54. The molecule has 2 aromatic rings. The lowest BCUT2D eigenvalue weighted by Gasteiger charge is -2.07. The highest BCUT2D eigenvalue weighted by Crippen LogP contribution is 2.16. The van der Waals surface area contributed by atoms with E-state index in [0.717, 1.165) is 0 Å². The third-order valence-corrected chi connectivity index (χ3v) is 4.46. The van der Waals surface area contributed by atoms with Crippen molar-refractivity contribution in [2.45, 2.75) is 24.9 Å². The Balaban J connectivity index is 2.14. The monoisotopic (exact) mass is 344 g/mol. The van der Waals surface area contributed by atoms with Crippen molar-refractivity contribution in [3.05, 3.63) is 40.9 Å². The Labute approximate surface area is 120 Å². The van der Waals surface area contributed by atoms with Crippen molar-refractivity contribution < 1.29 is 8.42 Å². The number of benzene rings is 1. The summed E-state index contributed by atoms with van der Waals surface area (Å²) in [5.74, 6) is 0.584. The SMILES string of the molecule is CCn1cnnc1CNS(=O)(=O)c1cccc(Br)c1. The first-order valence-electron chi connectivity index (χ1n) is 5.65. The molecule has 102 valence electrons. The fourth-order valence-electron chi connectivity index (χ4n) is 1.56. The number of halogens is 1. The van der Waals surface area contributed by atoms with Crippen LogP contribution in [0.25, 0.3) is 0 Å². The van der Waals surface area contributed by atoms with E-state index in [9.17, 15) is 8.42 Å². The lowest BCUT2D eigenvalue weighted by Crippen LogP contribution is -2.25. The van der Waals surface area contributed by atoms with Crippen LogP contribution in [-0.2, 0) is 23.1 Å². The molecule has 0 aliphatic carbocycles. The summed E-state index contributed by atoms with van der Waals surface area (Å²) in [6, 6.07) is 6.53. The maximum atomic E-state index is 12.1. The minimum absolute atomic E-state index is 0.114. The molecule has 2 rings (SSSR count). The number of nitrogens with zero attached hydrogens (tertiary/aromatic N) is 3. The predicted molar refractivity (Wildman–Crippen MR) is 73.9 cm³/mol. The zero-order chi connectivity index (χ0) is 13.9. The maximum absolute atomic E-state index is 12.1. The van der Waals surface area contributed by atoms with E-state index in [4.69, 9.17) is 0 Å². The molecule has 0 saturated carbocycles. The van der Waals surface area contributed by atoms with E-state index in [2.05, 4.69) is 30.8 Å². The summed E-state index contributed by atoms with van der Waals surface area (Å²) in [7, 11) is -3.54. The van der Waals surface area contributed by atoms with Crippen LogP contribution in [-0.4, -0.2) is 23.2 Å². The Hall–Kier alpha value is -1.25. The van der Waals surface area contributed by atoms with Gasteiger partial charge in [0, 0.05) is 11.0 Å². The van der Waals surface area contributed by atoms with Crippen molar-refractivity contribution in [3.63, 3.8) is 0 Å². The largest absolute Gasteiger partial charge is 0.317 e. The normalized spacial score (nSPS) is 11.7. The number of aryl methyl sites for hydroxylation is 1. The molecule has 6 nitrogen and oxygen atoms in total. The lowest BCUT2D eigenvalue weighted by molar-refractivity contribution is 0.575. The highest BCUT2D eigenvalue weighted by Gasteiger charge is 2.15. The number of nitrogens with one attached hydrogen (secondary N) is 1. The molecule has 0 bridgehead atoms. The summed E-state index contributed by atoms with van der Waals surface area (Å²) >= 11 is 3.25. The van der Waals surface area contributed by atoms with E-state index in [1.54, 1.807) is 29.1 Å². The summed E-state index contributed by atoms with van der Waals surface area (Å²) < 4.78 is 29.2. The maximum Gasteiger partial charge on any atom is 0.241 e. The van der Waals surface area contributed by atoms with E-state index in [1.165, 1.54) is 6.07 Å². The van der Waals surface area contributed by atoms with Crippen molar-refractivity contribution in [2.75, 3.05) is 0 Å². The Morgan fingerprint density at radius 2 is 2.21 bits per heavy atom. The van der Waals surface area contributed by atoms with Gasteiger partial charge in [0.25, 0.3) is 0 Å². The average molecular weight is 345 g/mol. The second kappa shape index (κ2) is 5.81. The van der Waals surface area contributed by atoms with Crippen molar-refractivity contribution in [2.24, 2.45) is 0 Å². The summed E-state index contributed by atoms with van der Waals surface area (Å²) in [4.78, 5) is 0.212. The van der Waals surface area contributed by atoms with Gasteiger partial charge in [0.05, 0.1) is 11.4 Å². The predicted octanol–water partition coefficient (Wildman–Crippen LogP) is 1.54. The van der Waals surface area contributed by atoms with Gasteiger partial charge in [-0.2, -0.15) is 0 Å². The minimum Gasteiger partial charge on any atom is -0.317 e. The first kappa shape index (κ1) is 14.2. The molecule has 0 aliphatic rings. The fourth-order valence-corrected chi connectivity index (χ4v) is 3.13. The van der Waals surface area contributed by atoms with Crippen LogP contribution in [0.2, 0.25) is 0 Å². The quantitative estimate of drug-likeness (QED) is 0.892. The van der Waals surface area contributed by atoms with Gasteiger partial charge in [-0.25, -0.2) is 13.1 Å². The standard InChI is InChI=1S/C11H13BrN4O2S/c1-2-16-8-13-15-11(16)7-14-19(17,18)10-5-3-4-9(12)6-10/h3-6,8,14H,2,7H2,1H3. The summed E-state index contributed by atoms with van der Waals surface area (Å²) in [5.41, 5.74) is 0. The fraction of sp³-hybridized carbons (Fsp3) is 0.273. The highest BCUT2D eigenvalue weighted by molar-refractivity contribution is 9.10. The highest BCUT2D eigenvalue weighted by atomic mass is 79.9. The third kappa shape index (κ3) is 3.40. The van der Waals surface area contributed by atoms with Gasteiger partial charge < -0.3 is 4.57 Å². The van der Waals surface area contributed by atoms with Gasteiger partial charge in [-0.3, -0.25) is 0 Å². The molecule has 0 unspecified atom stereocenters. The molecule has 19 heavy (non-hydrogen) atoms. The van der Waals surface area contributed by atoms with E-state index in [-0.39, 0.29) is 11.4 Å². The van der Waals surface area contributed by atoms with Gasteiger partial charge in [-0.05, 0) is 25.1 Å². The van der Waals surface area contributed by atoms with Gasteiger partial charge >= 0.3 is 0 Å². The number of hydrogen-bond acceptors (Lipinski definition) is 4. The summed E-state index contributed by atoms with van der Waals surface area (Å²) in [6.45, 7) is 2.75. The van der Waals surface area contributed by atoms with E-state index in [0.29, 0.717) is 16.8 Å². The Bertz CT molecular complexity index is 669. The van der Waals surface area contributed by atoms with E-state index < -0.39 is 10.0 Å². The molecular weight excluding hydrogens is 332 g/mol. The van der Waals surface area contributed by atoms with Crippen LogP contribution in [0, 0.1) is 0 Å². The average Bonchev–Trinajstić information content (AvgIpc) is 2.84. The van der Waals surface area contributed by atoms with Crippen LogP contribution in [0.5, 0.6) is 0 Å². The van der Waals surface area contributed by atoms with Gasteiger partial charge in [0.1, 0.15) is 12.2 Å². The van der Waals surface area contributed by atoms with Crippen LogP contribution < -0.4 is 4.72 Å². The second-order valence-electron chi connectivity index (χ2n) is 3.82. The van der Waals surface area contributed by atoms with Gasteiger partial charge in [-0.15, -0.1) is 10.2 Å². The second-order valence-corrected chi connectivity index (χ2v) is 6.50. The Morgan fingerprint density at radius 1 is 1.42 bits per heavy atom. The van der Waals surface area contributed by atoms with Gasteiger partial charge in [0.15, 0.2) is 0 Å². The van der Waals surface area contributed by atoms with Crippen LogP contribution >= 0.6 is 15.9 Å². The molecular formula is C11H13BrN4O2S. The molecule has 0 fully saturated rings. The summed E-state index contributed by atoms with van der Waals surface area (Å²) in [5, 5.41) is 7.63. The number of aromatic nitrogens is 3. The number of hydrogen-bond donors (Lipinski definition) is 1. The topological polar surface area (TPSA) is 76.9 Å². The molecule has 0 saturated heterocycles. The van der Waals surface area contributed by atoms with E-state index in [1.807, 2.05) is 6.92 Å². The Kier molecular flexibility index (Phi) is 4.33. The third-order valence-electron chi connectivity index (χ3n) is 2.56. The molecule has 0 radical (unpaired) electrons. The molecule has 0 spiro atoms. The molecule has 1 aromatic carbocycles. The smallest absolute Gasteiger partial charge is 0.241 e. The molecule has 0 atom stereocenters. The van der Waals surface area contributed by atoms with Crippen molar-refractivity contribution in [1.29, 1.82) is 0 Å². The van der Waals surface area contributed by atoms with Crippen LogP contribution in [0.1, 0.15) is 12.7 Å². The molecule has 0 amide bonds. The lowest BCUT2D eigenvalue weighted by atomic mass is 10.4. The van der Waals surface area contributed by atoms with Gasteiger partial charge in [-0.1, -0.05) is 22.0 Å². The van der Waals surface area contributed by atoms with Crippen molar-refractivity contribution >= 4 is 26.0 Å². The van der Waals surface area contributed by atoms with Crippen LogP contribution in [0.4, 0.5) is 0 Å². The first-order valence-corrected chi connectivity index (χ1v) is 7.92. The zero-order valence-corrected chi connectivity index (χ0v) is 12.6. The van der Waals surface area contributed by atoms with Gasteiger partial charge in [0.2, 0.25) is 10.0 Å². The number of rotatable bonds is 5. The number of sulfonamides is 1. The van der Waals surface area contributed by atoms with Crippen LogP contribution in [0.15, 0.2) is 40.0 Å². The molecule has 0 aliphatic heterocycles. The zero-order valence-electron chi connectivity index (χ0n) is 10.2. The molecule has 1 aromatic heterocycles.